The maximum atomic E-state index is 12.5. The van der Waals surface area contributed by atoms with Gasteiger partial charge in [0.05, 0.1) is 52.3 Å². The second-order valence-corrected chi connectivity index (χ2v) is 18.1. The van der Waals surface area contributed by atoms with Crippen molar-refractivity contribution in [3.8, 4) is 0 Å². The molecule has 6 fully saturated rings. The molecule has 0 aromatic rings. The fraction of sp³-hybridized carbons (Fsp3) is 0.950. The van der Waals surface area contributed by atoms with Crippen LogP contribution in [-0.2, 0) is 61.7 Å². The van der Waals surface area contributed by atoms with Crippen molar-refractivity contribution in [1.29, 1.82) is 0 Å². The zero-order valence-electron chi connectivity index (χ0n) is 38.6. The average molecular weight is 1060 g/mol. The number of amides is 2. The fourth-order valence-corrected chi connectivity index (χ4v) is 9.22. The number of carbonyl (C=O) groups excluding carboxylic acids is 2. The summed E-state index contributed by atoms with van der Waals surface area (Å²) in [5, 5.41) is 187. The summed E-state index contributed by atoms with van der Waals surface area (Å²) in [7, 11) is 0. The van der Waals surface area contributed by atoms with Crippen molar-refractivity contribution in [3.63, 3.8) is 0 Å². The van der Waals surface area contributed by atoms with Crippen LogP contribution in [0.15, 0.2) is 0 Å². The van der Waals surface area contributed by atoms with Crippen LogP contribution in [0.25, 0.3) is 0 Å². The largest absolute Gasteiger partial charge is 0.394 e. The van der Waals surface area contributed by atoms with Gasteiger partial charge in [-0.3, -0.25) is 9.59 Å². The van der Waals surface area contributed by atoms with Crippen molar-refractivity contribution in [2.45, 2.75) is 192 Å². The summed E-state index contributed by atoms with van der Waals surface area (Å²) in [6, 6.07) is -2.70. The van der Waals surface area contributed by atoms with Crippen molar-refractivity contribution in [2.24, 2.45) is 0 Å². The summed E-state index contributed by atoms with van der Waals surface area (Å²) in [5.41, 5.74) is 0. The number of aliphatic hydroxyl groups is 17. The summed E-state index contributed by atoms with van der Waals surface area (Å²) in [5.74, 6) is -1.32. The molecule has 0 aromatic heterocycles. The van der Waals surface area contributed by atoms with Gasteiger partial charge in [-0.25, -0.2) is 0 Å². The number of aliphatic hydroxyl groups excluding tert-OH is 17. The molecule has 6 aliphatic rings. The van der Waals surface area contributed by atoms with Gasteiger partial charge in [-0.1, -0.05) is 0 Å². The summed E-state index contributed by atoms with van der Waals surface area (Å²) in [6.07, 6.45) is -51.4. The summed E-state index contributed by atoms with van der Waals surface area (Å²) < 4.78 is 63.4. The van der Waals surface area contributed by atoms with Gasteiger partial charge in [-0.15, -0.1) is 0 Å². The van der Waals surface area contributed by atoms with Crippen LogP contribution in [0.3, 0.4) is 0 Å². The Morgan fingerprint density at radius 3 is 1.24 bits per heavy atom. The van der Waals surface area contributed by atoms with Crippen LogP contribution in [0, 0.1) is 0 Å². The van der Waals surface area contributed by atoms with Gasteiger partial charge in [0.25, 0.3) is 0 Å². The van der Waals surface area contributed by atoms with Gasteiger partial charge in [-0.2, -0.15) is 0 Å². The molecule has 2 amide bonds. The molecule has 29 atom stereocenters. The van der Waals surface area contributed by atoms with Crippen molar-refractivity contribution < 1.29 is 149 Å². The van der Waals surface area contributed by atoms with E-state index < -0.39 is 229 Å². The van der Waals surface area contributed by atoms with Crippen LogP contribution in [0.4, 0.5) is 0 Å². The Hall–Kier alpha value is -2.18. The van der Waals surface area contributed by atoms with E-state index in [0.29, 0.717) is 0 Å². The Balaban J connectivity index is 1.25. The third kappa shape index (κ3) is 12.6. The van der Waals surface area contributed by atoms with Gasteiger partial charge in [0.1, 0.15) is 140 Å². The first-order valence-electron chi connectivity index (χ1n) is 23.0. The van der Waals surface area contributed by atoms with E-state index >= 15 is 0 Å². The summed E-state index contributed by atoms with van der Waals surface area (Å²) in [6.45, 7) is -3.67. The van der Waals surface area contributed by atoms with Gasteiger partial charge in [0.15, 0.2) is 31.5 Å². The minimum Gasteiger partial charge on any atom is -0.394 e. The van der Waals surface area contributed by atoms with Gasteiger partial charge >= 0.3 is 0 Å². The minimum absolute atomic E-state index is 0.244. The van der Waals surface area contributed by atoms with E-state index in [1.54, 1.807) is 0 Å². The highest BCUT2D eigenvalue weighted by atomic mass is 16.8. The van der Waals surface area contributed by atoms with E-state index in [4.69, 9.17) is 52.1 Å². The molecule has 418 valence electrons. The number of hydrogen-bond acceptors (Lipinski definition) is 30. The van der Waals surface area contributed by atoms with Crippen LogP contribution in [0.2, 0.25) is 0 Å². The van der Waals surface area contributed by atoms with Crippen molar-refractivity contribution in [2.75, 3.05) is 46.2 Å². The van der Waals surface area contributed by atoms with E-state index in [-0.39, 0.29) is 6.61 Å². The predicted octanol–water partition coefficient (Wildman–Crippen LogP) is -13.1. The van der Waals surface area contributed by atoms with E-state index in [1.807, 2.05) is 0 Å². The van der Waals surface area contributed by atoms with Crippen molar-refractivity contribution in [3.05, 3.63) is 0 Å². The molecule has 72 heavy (non-hydrogen) atoms. The third-order valence-electron chi connectivity index (χ3n) is 13.2. The molecule has 0 spiro atoms. The third-order valence-corrected chi connectivity index (χ3v) is 13.2. The molecule has 0 aromatic carbocycles. The Kier molecular flexibility index (Phi) is 21.1. The SMILES string of the molecule is CC(=O)N[C@H]1[C@H](O[C@H]2[C@H](O)[C@@H](NC(C)=O)CO[C@@H]2CO)O[C@H](CO)[C@@H](O[C@@H]2O[C@H](CO)[C@@H](O)[C@H](O[C@H]3O[C@H](CO)[C@@H](O)[C@H](O)[C@@H]3O[C@H]3O[C@H](CO)[C@@H](O)[C@H](O)[C@@H]3O[C@H]3O[C@H](CO)[C@@H](O)[C@H](O)[C@@H]3O)[C@@H]2O)[C@@H]1O. The highest BCUT2D eigenvalue weighted by Gasteiger charge is 2.58. The van der Waals surface area contributed by atoms with E-state index in [1.165, 1.54) is 6.92 Å². The smallest absolute Gasteiger partial charge is 0.217 e. The summed E-state index contributed by atoms with van der Waals surface area (Å²) >= 11 is 0. The lowest BCUT2D eigenvalue weighted by atomic mass is 9.94. The number of nitrogens with one attached hydrogen (secondary N) is 2. The molecule has 6 saturated heterocycles. The highest BCUT2D eigenvalue weighted by Crippen LogP contribution is 2.37. The number of rotatable bonds is 18. The Labute approximate surface area is 408 Å². The van der Waals surface area contributed by atoms with E-state index in [0.717, 1.165) is 6.92 Å². The van der Waals surface area contributed by atoms with Crippen LogP contribution in [0.5, 0.6) is 0 Å². The van der Waals surface area contributed by atoms with Crippen molar-refractivity contribution >= 4 is 11.8 Å². The van der Waals surface area contributed by atoms with Gasteiger partial charge in [-0.05, 0) is 0 Å². The molecule has 0 radical (unpaired) electrons. The lowest BCUT2D eigenvalue weighted by Gasteiger charge is -2.50. The van der Waals surface area contributed by atoms with Crippen molar-refractivity contribution in [1.82, 2.24) is 10.6 Å². The fourth-order valence-electron chi connectivity index (χ4n) is 9.22. The van der Waals surface area contributed by atoms with Crippen LogP contribution in [0.1, 0.15) is 13.8 Å². The minimum atomic E-state index is -2.25. The molecule has 32 nitrogen and oxygen atoms in total. The lowest BCUT2D eigenvalue weighted by Crippen LogP contribution is -2.70. The zero-order valence-corrected chi connectivity index (χ0v) is 38.6. The topological polar surface area (TPSA) is 504 Å². The normalized spacial score (nSPS) is 49.2. The quantitative estimate of drug-likeness (QED) is 0.0606. The highest BCUT2D eigenvalue weighted by molar-refractivity contribution is 5.73. The molecule has 0 unspecified atom stereocenters. The predicted molar refractivity (Wildman–Crippen MR) is 221 cm³/mol. The molecule has 32 heteroatoms. The molecule has 6 aliphatic heterocycles. The van der Waals surface area contributed by atoms with E-state index in [2.05, 4.69) is 10.6 Å². The lowest BCUT2D eigenvalue weighted by molar-refractivity contribution is -0.406. The first-order valence-corrected chi connectivity index (χ1v) is 23.0. The first-order chi connectivity index (χ1) is 34.1. The van der Waals surface area contributed by atoms with Gasteiger partial charge in [0, 0.05) is 13.8 Å². The number of hydrogen-bond donors (Lipinski definition) is 19. The van der Waals surface area contributed by atoms with Crippen LogP contribution >= 0.6 is 0 Å². The maximum Gasteiger partial charge on any atom is 0.217 e. The first kappa shape index (κ1) is 59.1. The number of carbonyl (C=O) groups is 2. The molecular formula is C40H68N2O30. The number of ether oxygens (including phenoxy) is 11. The van der Waals surface area contributed by atoms with Crippen LogP contribution in [-0.4, -0.2) is 323 Å². The monoisotopic (exact) mass is 1060 g/mol. The zero-order chi connectivity index (χ0) is 53.0. The Bertz CT molecular complexity index is 1710. The summed E-state index contributed by atoms with van der Waals surface area (Å²) in [4.78, 5) is 24.3. The molecule has 0 bridgehead atoms. The molecular weight excluding hydrogens is 988 g/mol. The molecule has 0 saturated carbocycles. The maximum absolute atomic E-state index is 12.5. The van der Waals surface area contributed by atoms with E-state index in [9.17, 15) is 96.4 Å². The standard InChI is InChI=1S/C40H68N2O30/c1-10(49)41-12-9-62-17(7-47)31(20(12)51)68-36-19(42-11(2)50)25(56)32(18(8-48)67-36)69-38-30(61)33(24(55)16(6-46)64-38)70-39-35(28(59)23(54)14(4-44)65-39)72-40-34(27(58)22(53)15(5-45)66-40)71-37-29(60)26(57)21(52)13(3-43)63-37/h12-40,43-48,51-61H,3-9H2,1-2H3,(H,41,49)(H,42,50)/t12-,13+,14+,15+,16+,17+,18+,19+,20+,21+,22+,23+,24+,25+,26-,27-,28-,29-,30-,31+,32+,33-,34-,35-,36-,37+,38-,39+,40+/m0/s1. The molecule has 0 aliphatic carbocycles. The van der Waals surface area contributed by atoms with Gasteiger partial charge < -0.3 is 150 Å². The second kappa shape index (κ2) is 25.8. The Morgan fingerprint density at radius 1 is 0.375 bits per heavy atom. The van der Waals surface area contributed by atoms with Crippen LogP contribution < -0.4 is 10.6 Å². The van der Waals surface area contributed by atoms with Gasteiger partial charge in [0.2, 0.25) is 11.8 Å². The average Bonchev–Trinajstić information content (AvgIpc) is 3.35. The second-order valence-electron chi connectivity index (χ2n) is 18.1. The Morgan fingerprint density at radius 2 is 0.750 bits per heavy atom. The molecule has 6 rings (SSSR count). The molecule has 6 heterocycles. The molecule has 19 N–H and O–H groups in total.